The molecule has 1 aliphatic heterocycles. The van der Waals surface area contributed by atoms with Gasteiger partial charge in [0.1, 0.15) is 13.2 Å². The fraction of sp³-hybridized carbons (Fsp3) is 0.304. The number of hydrogen-bond acceptors (Lipinski definition) is 4. The van der Waals surface area contributed by atoms with E-state index in [9.17, 15) is 4.79 Å². The van der Waals surface area contributed by atoms with Crippen LogP contribution in [0.3, 0.4) is 0 Å². The number of hydrogen-bond donors (Lipinski definition) is 0. The van der Waals surface area contributed by atoms with Crippen molar-refractivity contribution >= 4 is 16.8 Å². The minimum Gasteiger partial charge on any atom is -0.486 e. The highest BCUT2D eigenvalue weighted by Crippen LogP contribution is 2.31. The first-order chi connectivity index (χ1) is 13.7. The maximum atomic E-state index is 13.2. The van der Waals surface area contributed by atoms with Crippen molar-refractivity contribution in [2.75, 3.05) is 19.8 Å². The standard InChI is InChI=1S/C23H24N2O3/c1-2-3-10-25(16-17-13-18-6-4-5-7-20(18)24-15-17)23(26)19-8-9-21-22(14-19)28-12-11-27-21/h4-9,13-15H,2-3,10-12,16H2,1H3. The van der Waals surface area contributed by atoms with Crippen LogP contribution in [0.5, 0.6) is 11.5 Å². The van der Waals surface area contributed by atoms with Gasteiger partial charge in [-0.3, -0.25) is 9.78 Å². The number of carbonyl (C=O) groups is 1. The van der Waals surface area contributed by atoms with Crippen LogP contribution in [0.2, 0.25) is 0 Å². The third kappa shape index (κ3) is 3.93. The number of para-hydroxylation sites is 1. The van der Waals surface area contributed by atoms with Crippen LogP contribution in [0.1, 0.15) is 35.7 Å². The number of carbonyl (C=O) groups excluding carboxylic acids is 1. The van der Waals surface area contributed by atoms with Gasteiger partial charge < -0.3 is 14.4 Å². The van der Waals surface area contributed by atoms with Crippen LogP contribution in [0, 0.1) is 0 Å². The molecular formula is C23H24N2O3. The van der Waals surface area contributed by atoms with E-state index < -0.39 is 0 Å². The highest BCUT2D eigenvalue weighted by Gasteiger charge is 2.20. The Hall–Kier alpha value is -3.08. The Morgan fingerprint density at radius 2 is 1.89 bits per heavy atom. The predicted molar refractivity (Wildman–Crippen MR) is 109 cm³/mol. The molecule has 1 aliphatic rings. The summed E-state index contributed by atoms with van der Waals surface area (Å²) in [5.41, 5.74) is 2.61. The molecule has 28 heavy (non-hydrogen) atoms. The summed E-state index contributed by atoms with van der Waals surface area (Å²) >= 11 is 0. The van der Waals surface area contributed by atoms with Crippen molar-refractivity contribution < 1.29 is 14.3 Å². The van der Waals surface area contributed by atoms with E-state index in [-0.39, 0.29) is 5.91 Å². The summed E-state index contributed by atoms with van der Waals surface area (Å²) < 4.78 is 11.2. The van der Waals surface area contributed by atoms with Gasteiger partial charge in [0.15, 0.2) is 11.5 Å². The lowest BCUT2D eigenvalue weighted by molar-refractivity contribution is 0.0739. The zero-order valence-corrected chi connectivity index (χ0v) is 16.1. The quantitative estimate of drug-likeness (QED) is 0.638. The molecule has 3 aromatic rings. The molecule has 0 spiro atoms. The molecule has 1 amide bonds. The van der Waals surface area contributed by atoms with Gasteiger partial charge in [-0.15, -0.1) is 0 Å². The van der Waals surface area contributed by atoms with Crippen LogP contribution in [0.15, 0.2) is 54.7 Å². The van der Waals surface area contributed by atoms with Gasteiger partial charge in [0, 0.05) is 30.2 Å². The second-order valence-electron chi connectivity index (χ2n) is 6.97. The Morgan fingerprint density at radius 1 is 1.07 bits per heavy atom. The van der Waals surface area contributed by atoms with E-state index in [1.165, 1.54) is 0 Å². The Labute approximate surface area is 164 Å². The first-order valence-electron chi connectivity index (χ1n) is 9.77. The second kappa shape index (κ2) is 8.30. The minimum absolute atomic E-state index is 0.00131. The molecule has 0 N–H and O–H groups in total. The zero-order valence-electron chi connectivity index (χ0n) is 16.1. The summed E-state index contributed by atoms with van der Waals surface area (Å²) in [7, 11) is 0. The van der Waals surface area contributed by atoms with Gasteiger partial charge in [-0.05, 0) is 42.3 Å². The molecule has 144 valence electrons. The largest absolute Gasteiger partial charge is 0.486 e. The molecule has 1 aromatic heterocycles. The smallest absolute Gasteiger partial charge is 0.254 e. The van der Waals surface area contributed by atoms with E-state index in [0.717, 1.165) is 29.3 Å². The molecule has 0 fully saturated rings. The Balaban J connectivity index is 1.58. The highest BCUT2D eigenvalue weighted by molar-refractivity contribution is 5.95. The van der Waals surface area contributed by atoms with Gasteiger partial charge in [-0.2, -0.15) is 0 Å². The van der Waals surface area contributed by atoms with E-state index in [2.05, 4.69) is 18.0 Å². The SMILES string of the molecule is CCCCN(Cc1cnc2ccccc2c1)C(=O)c1ccc2c(c1)OCCO2. The Kier molecular flexibility index (Phi) is 5.42. The molecule has 5 heteroatoms. The number of fused-ring (bicyclic) bond motifs is 2. The topological polar surface area (TPSA) is 51.7 Å². The van der Waals surface area contributed by atoms with Crippen LogP contribution in [-0.2, 0) is 6.54 Å². The van der Waals surface area contributed by atoms with Crippen molar-refractivity contribution in [3.63, 3.8) is 0 Å². The monoisotopic (exact) mass is 376 g/mol. The number of amides is 1. The Morgan fingerprint density at radius 3 is 2.75 bits per heavy atom. The average Bonchev–Trinajstić information content (AvgIpc) is 2.75. The van der Waals surface area contributed by atoms with E-state index in [4.69, 9.17) is 9.47 Å². The van der Waals surface area contributed by atoms with Gasteiger partial charge in [0.05, 0.1) is 5.52 Å². The van der Waals surface area contributed by atoms with E-state index in [1.54, 1.807) is 6.07 Å². The number of aromatic nitrogens is 1. The summed E-state index contributed by atoms with van der Waals surface area (Å²) in [5.74, 6) is 1.33. The first kappa shape index (κ1) is 18.3. The van der Waals surface area contributed by atoms with E-state index in [0.29, 0.717) is 43.4 Å². The maximum absolute atomic E-state index is 13.2. The van der Waals surface area contributed by atoms with E-state index in [1.807, 2.05) is 47.5 Å². The van der Waals surface area contributed by atoms with Crippen LogP contribution in [-0.4, -0.2) is 35.5 Å². The summed E-state index contributed by atoms with van der Waals surface area (Å²) in [4.78, 5) is 19.6. The van der Waals surface area contributed by atoms with Gasteiger partial charge in [-0.1, -0.05) is 31.5 Å². The number of ether oxygens (including phenoxy) is 2. The molecule has 4 rings (SSSR count). The lowest BCUT2D eigenvalue weighted by Gasteiger charge is -2.24. The highest BCUT2D eigenvalue weighted by atomic mass is 16.6. The van der Waals surface area contributed by atoms with Crippen LogP contribution < -0.4 is 9.47 Å². The minimum atomic E-state index is -0.00131. The van der Waals surface area contributed by atoms with Gasteiger partial charge >= 0.3 is 0 Å². The van der Waals surface area contributed by atoms with Gasteiger partial charge in [0.2, 0.25) is 0 Å². The predicted octanol–water partition coefficient (Wildman–Crippen LogP) is 4.45. The number of pyridine rings is 1. The maximum Gasteiger partial charge on any atom is 0.254 e. The summed E-state index contributed by atoms with van der Waals surface area (Å²) in [5, 5.41) is 1.09. The summed E-state index contributed by atoms with van der Waals surface area (Å²) in [6, 6.07) is 15.5. The number of unbranched alkanes of at least 4 members (excludes halogenated alkanes) is 1. The summed E-state index contributed by atoms with van der Waals surface area (Å²) in [6.45, 7) is 4.41. The molecular weight excluding hydrogens is 352 g/mol. The summed E-state index contributed by atoms with van der Waals surface area (Å²) in [6.07, 6.45) is 3.84. The zero-order chi connectivity index (χ0) is 19.3. The van der Waals surface area contributed by atoms with Gasteiger partial charge in [0.25, 0.3) is 5.91 Å². The van der Waals surface area contributed by atoms with Crippen molar-refractivity contribution in [2.24, 2.45) is 0 Å². The van der Waals surface area contributed by atoms with Crippen molar-refractivity contribution in [3.05, 3.63) is 65.9 Å². The molecule has 0 unspecified atom stereocenters. The van der Waals surface area contributed by atoms with E-state index >= 15 is 0 Å². The fourth-order valence-corrected chi connectivity index (χ4v) is 3.38. The Bertz CT molecular complexity index is 986. The molecule has 2 heterocycles. The number of benzene rings is 2. The lowest BCUT2D eigenvalue weighted by atomic mass is 10.1. The molecule has 0 saturated carbocycles. The molecule has 0 radical (unpaired) electrons. The first-order valence-corrected chi connectivity index (χ1v) is 9.77. The fourth-order valence-electron chi connectivity index (χ4n) is 3.38. The second-order valence-corrected chi connectivity index (χ2v) is 6.97. The van der Waals surface area contributed by atoms with Crippen molar-refractivity contribution in [2.45, 2.75) is 26.3 Å². The molecule has 5 nitrogen and oxygen atoms in total. The van der Waals surface area contributed by atoms with Gasteiger partial charge in [-0.25, -0.2) is 0 Å². The molecule has 0 atom stereocenters. The normalized spacial score (nSPS) is 12.8. The van der Waals surface area contributed by atoms with Crippen molar-refractivity contribution in [3.8, 4) is 11.5 Å². The third-order valence-corrected chi connectivity index (χ3v) is 4.88. The third-order valence-electron chi connectivity index (χ3n) is 4.88. The molecule has 0 bridgehead atoms. The van der Waals surface area contributed by atoms with Crippen LogP contribution in [0.25, 0.3) is 10.9 Å². The number of rotatable bonds is 6. The van der Waals surface area contributed by atoms with Crippen molar-refractivity contribution in [1.82, 2.24) is 9.88 Å². The molecule has 0 aliphatic carbocycles. The molecule has 0 saturated heterocycles. The average molecular weight is 376 g/mol. The van der Waals surface area contributed by atoms with Crippen LogP contribution in [0.4, 0.5) is 0 Å². The molecule has 2 aromatic carbocycles. The number of nitrogens with zero attached hydrogens (tertiary/aromatic N) is 2. The van der Waals surface area contributed by atoms with Crippen LogP contribution >= 0.6 is 0 Å². The lowest BCUT2D eigenvalue weighted by Crippen LogP contribution is -2.31. The van der Waals surface area contributed by atoms with Crippen molar-refractivity contribution in [1.29, 1.82) is 0 Å².